The van der Waals surface area contributed by atoms with Crippen LogP contribution in [-0.4, -0.2) is 18.2 Å². The Balaban J connectivity index is 2.28. The number of nitrogens with zero attached hydrogens (tertiary/aromatic N) is 1. The van der Waals surface area contributed by atoms with E-state index in [2.05, 4.69) is 0 Å². The summed E-state index contributed by atoms with van der Waals surface area (Å²) in [5.74, 6) is -1.24. The van der Waals surface area contributed by atoms with Crippen molar-refractivity contribution in [1.82, 2.24) is 0 Å². The monoisotopic (exact) mass is 193 g/mol. The van der Waals surface area contributed by atoms with E-state index in [9.17, 15) is 14.0 Å². The van der Waals surface area contributed by atoms with Crippen LogP contribution in [0.1, 0.15) is 6.42 Å². The predicted octanol–water partition coefficient (Wildman–Crippen LogP) is 1.13. The molecule has 0 aliphatic carbocycles. The van der Waals surface area contributed by atoms with Crippen molar-refractivity contribution in [2.75, 3.05) is 11.4 Å². The molecule has 0 unspecified atom stereocenters. The summed E-state index contributed by atoms with van der Waals surface area (Å²) in [5.41, 5.74) is 0.572. The fraction of sp³-hybridized carbons (Fsp3) is 0.200. The maximum atomic E-state index is 12.6. The SMILES string of the molecule is O=C1CCN(c2ccc(F)cc2)C1=O. The van der Waals surface area contributed by atoms with Gasteiger partial charge >= 0.3 is 0 Å². The van der Waals surface area contributed by atoms with E-state index >= 15 is 0 Å². The summed E-state index contributed by atoms with van der Waals surface area (Å²) in [4.78, 5) is 23.6. The van der Waals surface area contributed by atoms with Gasteiger partial charge in [-0.3, -0.25) is 9.59 Å². The number of carbonyl (C=O) groups is 2. The van der Waals surface area contributed by atoms with Gasteiger partial charge in [-0.05, 0) is 24.3 Å². The maximum Gasteiger partial charge on any atom is 0.294 e. The highest BCUT2D eigenvalue weighted by molar-refractivity contribution is 6.43. The normalized spacial score (nSPS) is 16.5. The lowest BCUT2D eigenvalue weighted by Gasteiger charge is -2.13. The highest BCUT2D eigenvalue weighted by Crippen LogP contribution is 2.19. The molecular weight excluding hydrogens is 185 g/mol. The number of benzene rings is 1. The van der Waals surface area contributed by atoms with Gasteiger partial charge in [0, 0.05) is 18.7 Å². The van der Waals surface area contributed by atoms with Crippen LogP contribution in [0.5, 0.6) is 0 Å². The zero-order valence-electron chi connectivity index (χ0n) is 7.37. The van der Waals surface area contributed by atoms with E-state index in [-0.39, 0.29) is 18.0 Å². The summed E-state index contributed by atoms with van der Waals surface area (Å²) < 4.78 is 12.6. The van der Waals surface area contributed by atoms with Gasteiger partial charge in [-0.1, -0.05) is 0 Å². The zero-order chi connectivity index (χ0) is 10.1. The lowest BCUT2D eigenvalue weighted by molar-refractivity contribution is -0.133. The Kier molecular flexibility index (Phi) is 2.04. The van der Waals surface area contributed by atoms with E-state index in [1.807, 2.05) is 0 Å². The first-order valence-electron chi connectivity index (χ1n) is 4.29. The molecule has 14 heavy (non-hydrogen) atoms. The van der Waals surface area contributed by atoms with Crippen molar-refractivity contribution in [3.63, 3.8) is 0 Å². The third-order valence-corrected chi connectivity index (χ3v) is 2.18. The fourth-order valence-corrected chi connectivity index (χ4v) is 1.44. The average molecular weight is 193 g/mol. The molecule has 0 saturated carbocycles. The Morgan fingerprint density at radius 3 is 2.29 bits per heavy atom. The van der Waals surface area contributed by atoms with Gasteiger partial charge in [-0.25, -0.2) is 4.39 Å². The molecule has 1 heterocycles. The van der Waals surface area contributed by atoms with Gasteiger partial charge in [0.05, 0.1) is 0 Å². The number of anilines is 1. The van der Waals surface area contributed by atoms with Crippen LogP contribution in [0.2, 0.25) is 0 Å². The third kappa shape index (κ3) is 1.39. The zero-order valence-corrected chi connectivity index (χ0v) is 7.37. The molecule has 1 saturated heterocycles. The van der Waals surface area contributed by atoms with E-state index < -0.39 is 5.91 Å². The van der Waals surface area contributed by atoms with Gasteiger partial charge in [0.2, 0.25) is 5.78 Å². The average Bonchev–Trinajstić information content (AvgIpc) is 2.50. The molecule has 0 spiro atoms. The molecule has 1 aromatic rings. The summed E-state index contributed by atoms with van der Waals surface area (Å²) in [6, 6.07) is 5.52. The Labute approximate surface area is 80.1 Å². The van der Waals surface area contributed by atoms with Gasteiger partial charge in [-0.2, -0.15) is 0 Å². The van der Waals surface area contributed by atoms with Crippen LogP contribution in [0, 0.1) is 5.82 Å². The van der Waals surface area contributed by atoms with Crippen molar-refractivity contribution in [3.8, 4) is 0 Å². The highest BCUT2D eigenvalue weighted by Gasteiger charge is 2.29. The smallest absolute Gasteiger partial charge is 0.294 e. The van der Waals surface area contributed by atoms with Crippen LogP contribution in [0.15, 0.2) is 24.3 Å². The molecule has 1 fully saturated rings. The summed E-state index contributed by atoms with van der Waals surface area (Å²) in [7, 11) is 0. The van der Waals surface area contributed by atoms with E-state index in [0.717, 1.165) is 0 Å². The Hall–Kier alpha value is -1.71. The largest absolute Gasteiger partial charge is 0.305 e. The van der Waals surface area contributed by atoms with Gasteiger partial charge in [0.1, 0.15) is 5.82 Å². The van der Waals surface area contributed by atoms with Gasteiger partial charge < -0.3 is 4.90 Å². The molecule has 1 aliphatic heterocycles. The molecule has 0 radical (unpaired) electrons. The lowest BCUT2D eigenvalue weighted by Crippen LogP contribution is -2.26. The van der Waals surface area contributed by atoms with Crippen LogP contribution in [0.4, 0.5) is 10.1 Å². The van der Waals surface area contributed by atoms with Crippen molar-refractivity contribution in [2.24, 2.45) is 0 Å². The van der Waals surface area contributed by atoms with Crippen LogP contribution in [0.3, 0.4) is 0 Å². The van der Waals surface area contributed by atoms with E-state index in [1.165, 1.54) is 29.2 Å². The van der Waals surface area contributed by atoms with Crippen molar-refractivity contribution in [1.29, 1.82) is 0 Å². The van der Waals surface area contributed by atoms with Crippen molar-refractivity contribution < 1.29 is 14.0 Å². The number of Topliss-reactive ketones (excluding diaryl/α,β-unsaturated/α-hetero) is 1. The van der Waals surface area contributed by atoms with Crippen molar-refractivity contribution >= 4 is 17.4 Å². The second-order valence-corrected chi connectivity index (χ2v) is 3.11. The molecular formula is C10H8FNO2. The molecule has 0 N–H and O–H groups in total. The Morgan fingerprint density at radius 1 is 1.14 bits per heavy atom. The summed E-state index contributed by atoms with van der Waals surface area (Å²) in [6.45, 7) is 0.392. The Morgan fingerprint density at radius 2 is 1.79 bits per heavy atom. The number of rotatable bonds is 1. The van der Waals surface area contributed by atoms with Crippen LogP contribution in [-0.2, 0) is 9.59 Å². The number of halogens is 1. The molecule has 2 rings (SSSR count). The number of hydrogen-bond donors (Lipinski definition) is 0. The molecule has 4 heteroatoms. The summed E-state index contributed by atoms with van der Waals surface area (Å²) in [5, 5.41) is 0. The number of amides is 1. The molecule has 1 aromatic carbocycles. The second kappa shape index (κ2) is 3.21. The first-order chi connectivity index (χ1) is 6.68. The standard InChI is InChI=1S/C10H8FNO2/c11-7-1-3-8(4-2-7)12-6-5-9(13)10(12)14/h1-4H,5-6H2. The van der Waals surface area contributed by atoms with Gasteiger partial charge in [-0.15, -0.1) is 0 Å². The van der Waals surface area contributed by atoms with E-state index in [4.69, 9.17) is 0 Å². The summed E-state index contributed by atoms with van der Waals surface area (Å²) in [6.07, 6.45) is 0.246. The first kappa shape index (κ1) is 8.87. The molecule has 0 atom stereocenters. The highest BCUT2D eigenvalue weighted by atomic mass is 19.1. The summed E-state index contributed by atoms with van der Waals surface area (Å²) >= 11 is 0. The third-order valence-electron chi connectivity index (χ3n) is 2.18. The number of hydrogen-bond acceptors (Lipinski definition) is 2. The lowest BCUT2D eigenvalue weighted by atomic mass is 10.3. The van der Waals surface area contributed by atoms with Crippen LogP contribution >= 0.6 is 0 Å². The predicted molar refractivity (Wildman–Crippen MR) is 48.4 cm³/mol. The number of carbonyl (C=O) groups excluding carboxylic acids is 2. The Bertz CT molecular complexity index is 386. The molecule has 0 bridgehead atoms. The van der Waals surface area contributed by atoms with Crippen LogP contribution in [0.25, 0.3) is 0 Å². The van der Waals surface area contributed by atoms with Crippen molar-refractivity contribution in [3.05, 3.63) is 30.1 Å². The maximum absolute atomic E-state index is 12.6. The quantitative estimate of drug-likeness (QED) is 0.627. The van der Waals surface area contributed by atoms with Gasteiger partial charge in [0.25, 0.3) is 5.91 Å². The van der Waals surface area contributed by atoms with Crippen molar-refractivity contribution in [2.45, 2.75) is 6.42 Å². The van der Waals surface area contributed by atoms with E-state index in [0.29, 0.717) is 12.2 Å². The van der Waals surface area contributed by atoms with E-state index in [1.54, 1.807) is 0 Å². The number of ketones is 1. The topological polar surface area (TPSA) is 37.4 Å². The van der Waals surface area contributed by atoms with Crippen LogP contribution < -0.4 is 4.90 Å². The molecule has 72 valence electrons. The minimum Gasteiger partial charge on any atom is -0.305 e. The fourth-order valence-electron chi connectivity index (χ4n) is 1.44. The van der Waals surface area contributed by atoms with Gasteiger partial charge in [0.15, 0.2) is 0 Å². The molecule has 3 nitrogen and oxygen atoms in total. The first-order valence-corrected chi connectivity index (χ1v) is 4.29. The minimum atomic E-state index is -0.503. The second-order valence-electron chi connectivity index (χ2n) is 3.11. The molecule has 1 aliphatic rings. The minimum absolute atomic E-state index is 0.246. The molecule has 0 aromatic heterocycles. The molecule has 1 amide bonds.